The van der Waals surface area contributed by atoms with Crippen LogP contribution in [0.5, 0.6) is 0 Å². The van der Waals surface area contributed by atoms with E-state index in [0.717, 1.165) is 12.8 Å². The third-order valence-corrected chi connectivity index (χ3v) is 2.67. The van der Waals surface area contributed by atoms with E-state index in [9.17, 15) is 9.59 Å². The molecule has 2 unspecified atom stereocenters. The van der Waals surface area contributed by atoms with Gasteiger partial charge in [0.15, 0.2) is 0 Å². The predicted octanol–water partition coefficient (Wildman–Crippen LogP) is 1.55. The van der Waals surface area contributed by atoms with Gasteiger partial charge in [0.05, 0.1) is 13.0 Å². The summed E-state index contributed by atoms with van der Waals surface area (Å²) >= 11 is 0. The number of rotatable bonds is 3. The van der Waals surface area contributed by atoms with Crippen LogP contribution in [0.3, 0.4) is 0 Å². The van der Waals surface area contributed by atoms with Gasteiger partial charge in [-0.1, -0.05) is 6.92 Å². The smallest absolute Gasteiger partial charge is 0.308 e. The average Bonchev–Trinajstić information content (AvgIpc) is 2.50. The van der Waals surface area contributed by atoms with Crippen LogP contribution in [0.25, 0.3) is 0 Å². The van der Waals surface area contributed by atoms with Crippen molar-refractivity contribution in [2.75, 3.05) is 7.11 Å². The molecular weight excluding hydrogens is 168 g/mol. The molecule has 0 amide bonds. The van der Waals surface area contributed by atoms with Gasteiger partial charge >= 0.3 is 5.97 Å². The molecule has 0 aromatic heterocycles. The van der Waals surface area contributed by atoms with Crippen LogP contribution >= 0.6 is 0 Å². The SMILES string of the molecule is COC(=O)C(C)CC1CCCC1=O. The molecule has 0 aliphatic heterocycles. The number of methoxy groups -OCH3 is 1. The Hall–Kier alpha value is -0.860. The molecule has 0 saturated heterocycles. The molecule has 1 aliphatic rings. The Balaban J connectivity index is 2.39. The van der Waals surface area contributed by atoms with Crippen molar-refractivity contribution in [3.63, 3.8) is 0 Å². The highest BCUT2D eigenvalue weighted by molar-refractivity contribution is 5.83. The number of esters is 1. The van der Waals surface area contributed by atoms with Gasteiger partial charge in [0.25, 0.3) is 0 Å². The summed E-state index contributed by atoms with van der Waals surface area (Å²) in [5.41, 5.74) is 0. The zero-order chi connectivity index (χ0) is 9.84. The first-order chi connectivity index (χ1) is 6.15. The van der Waals surface area contributed by atoms with Crippen LogP contribution in [0.15, 0.2) is 0 Å². The van der Waals surface area contributed by atoms with Gasteiger partial charge in [-0.3, -0.25) is 9.59 Å². The van der Waals surface area contributed by atoms with Crippen LogP contribution in [0.4, 0.5) is 0 Å². The van der Waals surface area contributed by atoms with Crippen LogP contribution in [-0.2, 0) is 14.3 Å². The molecule has 0 aromatic rings. The lowest BCUT2D eigenvalue weighted by atomic mass is 9.94. The summed E-state index contributed by atoms with van der Waals surface area (Å²) in [7, 11) is 1.38. The van der Waals surface area contributed by atoms with Crippen LogP contribution in [0, 0.1) is 11.8 Å². The van der Waals surface area contributed by atoms with E-state index in [-0.39, 0.29) is 17.8 Å². The highest BCUT2D eigenvalue weighted by Gasteiger charge is 2.28. The lowest BCUT2D eigenvalue weighted by Gasteiger charge is -2.12. The van der Waals surface area contributed by atoms with E-state index in [1.54, 1.807) is 0 Å². The van der Waals surface area contributed by atoms with E-state index in [0.29, 0.717) is 18.6 Å². The minimum absolute atomic E-state index is 0.106. The quantitative estimate of drug-likeness (QED) is 0.625. The van der Waals surface area contributed by atoms with Crippen LogP contribution in [-0.4, -0.2) is 18.9 Å². The van der Waals surface area contributed by atoms with Crippen LogP contribution < -0.4 is 0 Å². The number of carbonyl (C=O) groups excluding carboxylic acids is 2. The molecule has 0 aromatic carbocycles. The Morgan fingerprint density at radius 2 is 2.38 bits per heavy atom. The highest BCUT2D eigenvalue weighted by Crippen LogP contribution is 2.27. The Labute approximate surface area is 78.5 Å². The van der Waals surface area contributed by atoms with Gasteiger partial charge in [-0.2, -0.15) is 0 Å². The van der Waals surface area contributed by atoms with E-state index in [1.807, 2.05) is 6.92 Å². The van der Waals surface area contributed by atoms with Gasteiger partial charge in [-0.15, -0.1) is 0 Å². The summed E-state index contributed by atoms with van der Waals surface area (Å²) < 4.78 is 4.61. The zero-order valence-corrected chi connectivity index (χ0v) is 8.21. The second-order valence-corrected chi connectivity index (χ2v) is 3.72. The van der Waals surface area contributed by atoms with E-state index >= 15 is 0 Å². The second kappa shape index (κ2) is 4.40. The van der Waals surface area contributed by atoms with Gasteiger partial charge in [0, 0.05) is 12.3 Å². The Morgan fingerprint density at radius 1 is 1.69 bits per heavy atom. The molecule has 1 rings (SSSR count). The number of Topliss-reactive ketones (excluding diaryl/α,β-unsaturated/α-hetero) is 1. The lowest BCUT2D eigenvalue weighted by Crippen LogP contribution is -2.18. The molecule has 0 bridgehead atoms. The van der Waals surface area contributed by atoms with Crippen LogP contribution in [0.1, 0.15) is 32.6 Å². The molecule has 1 saturated carbocycles. The monoisotopic (exact) mass is 184 g/mol. The first-order valence-corrected chi connectivity index (χ1v) is 4.75. The van der Waals surface area contributed by atoms with Crippen molar-refractivity contribution in [2.45, 2.75) is 32.6 Å². The molecule has 3 heteroatoms. The largest absolute Gasteiger partial charge is 0.469 e. The van der Waals surface area contributed by atoms with E-state index in [1.165, 1.54) is 7.11 Å². The van der Waals surface area contributed by atoms with Crippen molar-refractivity contribution in [1.82, 2.24) is 0 Å². The third-order valence-electron chi connectivity index (χ3n) is 2.67. The fourth-order valence-corrected chi connectivity index (χ4v) is 1.86. The maximum Gasteiger partial charge on any atom is 0.308 e. The standard InChI is InChI=1S/C10H16O3/c1-7(10(12)13-2)6-8-4-3-5-9(8)11/h7-8H,3-6H2,1-2H3. The maximum atomic E-state index is 11.3. The minimum atomic E-state index is -0.209. The summed E-state index contributed by atoms with van der Waals surface area (Å²) in [6.07, 6.45) is 3.28. The minimum Gasteiger partial charge on any atom is -0.469 e. The summed E-state index contributed by atoms with van der Waals surface area (Å²) in [5.74, 6) is 0.0709. The van der Waals surface area contributed by atoms with Gasteiger partial charge in [0.2, 0.25) is 0 Å². The number of hydrogen-bond acceptors (Lipinski definition) is 3. The number of ether oxygens (including phenoxy) is 1. The van der Waals surface area contributed by atoms with Gasteiger partial charge in [-0.05, 0) is 19.3 Å². The van der Waals surface area contributed by atoms with Gasteiger partial charge in [0.1, 0.15) is 5.78 Å². The normalized spacial score (nSPS) is 24.5. The molecule has 0 heterocycles. The number of carbonyl (C=O) groups is 2. The van der Waals surface area contributed by atoms with Crippen LogP contribution in [0.2, 0.25) is 0 Å². The summed E-state index contributed by atoms with van der Waals surface area (Å²) in [4.78, 5) is 22.3. The molecule has 3 nitrogen and oxygen atoms in total. The van der Waals surface area contributed by atoms with Crippen molar-refractivity contribution in [1.29, 1.82) is 0 Å². The summed E-state index contributed by atoms with van der Waals surface area (Å²) in [5, 5.41) is 0. The summed E-state index contributed by atoms with van der Waals surface area (Å²) in [6, 6.07) is 0. The molecule has 0 spiro atoms. The Kier molecular flexibility index (Phi) is 3.46. The summed E-state index contributed by atoms with van der Waals surface area (Å²) in [6.45, 7) is 1.82. The van der Waals surface area contributed by atoms with Gasteiger partial charge < -0.3 is 4.74 Å². The lowest BCUT2D eigenvalue weighted by molar-refractivity contribution is -0.145. The topological polar surface area (TPSA) is 43.4 Å². The number of ketones is 1. The molecular formula is C10H16O3. The predicted molar refractivity (Wildman–Crippen MR) is 48.1 cm³/mol. The van der Waals surface area contributed by atoms with Crippen molar-refractivity contribution in [3.05, 3.63) is 0 Å². The molecule has 0 radical (unpaired) electrons. The molecule has 74 valence electrons. The molecule has 13 heavy (non-hydrogen) atoms. The Bertz CT molecular complexity index is 210. The van der Waals surface area contributed by atoms with E-state index in [2.05, 4.69) is 4.74 Å². The van der Waals surface area contributed by atoms with Crippen molar-refractivity contribution >= 4 is 11.8 Å². The zero-order valence-electron chi connectivity index (χ0n) is 8.21. The highest BCUT2D eigenvalue weighted by atomic mass is 16.5. The van der Waals surface area contributed by atoms with Gasteiger partial charge in [-0.25, -0.2) is 0 Å². The number of hydrogen-bond donors (Lipinski definition) is 0. The first-order valence-electron chi connectivity index (χ1n) is 4.75. The van der Waals surface area contributed by atoms with Crippen molar-refractivity contribution < 1.29 is 14.3 Å². The molecule has 0 N–H and O–H groups in total. The molecule has 2 atom stereocenters. The van der Waals surface area contributed by atoms with E-state index in [4.69, 9.17) is 0 Å². The maximum absolute atomic E-state index is 11.3. The fraction of sp³-hybridized carbons (Fsp3) is 0.800. The fourth-order valence-electron chi connectivity index (χ4n) is 1.86. The molecule has 1 fully saturated rings. The average molecular weight is 184 g/mol. The third kappa shape index (κ3) is 2.54. The van der Waals surface area contributed by atoms with Crippen molar-refractivity contribution in [2.24, 2.45) is 11.8 Å². The van der Waals surface area contributed by atoms with E-state index < -0.39 is 0 Å². The first kappa shape index (κ1) is 10.2. The Morgan fingerprint density at radius 3 is 2.85 bits per heavy atom. The second-order valence-electron chi connectivity index (χ2n) is 3.72. The molecule has 1 aliphatic carbocycles. The van der Waals surface area contributed by atoms with Crippen molar-refractivity contribution in [3.8, 4) is 0 Å².